The summed E-state index contributed by atoms with van der Waals surface area (Å²) in [5, 5.41) is 15.5. The summed E-state index contributed by atoms with van der Waals surface area (Å²) in [5.41, 5.74) is 0.570. The fourth-order valence-electron chi connectivity index (χ4n) is 4.71. The fraction of sp³-hybridized carbons (Fsp3) is 0.333. The topological polar surface area (TPSA) is 146 Å². The summed E-state index contributed by atoms with van der Waals surface area (Å²) < 4.78 is 73.6. The van der Waals surface area contributed by atoms with Crippen LogP contribution in [0, 0.1) is 0 Å². The van der Waals surface area contributed by atoms with Crippen molar-refractivity contribution in [3.8, 4) is 5.75 Å². The van der Waals surface area contributed by atoms with Gasteiger partial charge in [-0.05, 0) is 43.2 Å². The van der Waals surface area contributed by atoms with Gasteiger partial charge in [-0.25, -0.2) is 13.4 Å². The number of rotatable bonds is 8. The number of nitrogens with one attached hydrogen (secondary N) is 2. The van der Waals surface area contributed by atoms with Crippen LogP contribution in [0.4, 0.5) is 47.7 Å². The van der Waals surface area contributed by atoms with Gasteiger partial charge in [0.15, 0.2) is 0 Å². The average molecular weight is 619 g/mol. The van der Waals surface area contributed by atoms with Gasteiger partial charge in [-0.15, -0.1) is 0 Å². The van der Waals surface area contributed by atoms with E-state index in [0.717, 1.165) is 16.2 Å². The summed E-state index contributed by atoms with van der Waals surface area (Å²) in [6, 6.07) is 8.26. The van der Waals surface area contributed by atoms with E-state index in [2.05, 4.69) is 35.5 Å². The number of aliphatic hydroxyl groups excluding tert-OH is 1. The minimum absolute atomic E-state index is 0.00272. The molecule has 0 amide bonds. The molecule has 5 rings (SSSR count). The van der Waals surface area contributed by atoms with Crippen molar-refractivity contribution in [2.75, 3.05) is 53.3 Å². The molecule has 0 spiro atoms. The maximum absolute atomic E-state index is 14.1. The lowest BCUT2D eigenvalue weighted by molar-refractivity contribution is -0.137. The van der Waals surface area contributed by atoms with Crippen LogP contribution in [0.15, 0.2) is 48.9 Å². The normalized spacial score (nSPS) is 14.5. The third-order valence-corrected chi connectivity index (χ3v) is 8.21. The number of halogens is 3. The van der Waals surface area contributed by atoms with Gasteiger partial charge in [0.05, 0.1) is 36.4 Å². The number of fused-ring (bicyclic) bond motifs is 1. The smallest absolute Gasteiger partial charge is 0.421 e. The minimum Gasteiger partial charge on any atom is -0.495 e. The zero-order valence-corrected chi connectivity index (χ0v) is 24.2. The summed E-state index contributed by atoms with van der Waals surface area (Å²) >= 11 is 0. The molecule has 0 unspecified atom stereocenters. The minimum atomic E-state index is -4.84. The van der Waals surface area contributed by atoms with Crippen LogP contribution in [0.25, 0.3) is 11.0 Å². The van der Waals surface area contributed by atoms with Crippen LogP contribution < -0.4 is 24.6 Å². The van der Waals surface area contributed by atoms with Crippen molar-refractivity contribution in [3.63, 3.8) is 0 Å². The Morgan fingerprint density at radius 1 is 1.05 bits per heavy atom. The molecule has 228 valence electrons. The maximum atomic E-state index is 14.1. The molecule has 1 aliphatic rings. The van der Waals surface area contributed by atoms with Crippen LogP contribution in [-0.4, -0.2) is 73.1 Å². The number of hydrogen-bond donors (Lipinski definition) is 3. The van der Waals surface area contributed by atoms with E-state index in [-0.39, 0.29) is 28.9 Å². The summed E-state index contributed by atoms with van der Waals surface area (Å²) in [4.78, 5) is 18.5. The predicted octanol–water partition coefficient (Wildman–Crippen LogP) is 4.29. The van der Waals surface area contributed by atoms with E-state index in [4.69, 9.17) is 4.74 Å². The number of nitrogens with zero attached hydrogens (tertiary/aromatic N) is 6. The molecule has 2 aromatic heterocycles. The second-order valence-electron chi connectivity index (χ2n) is 9.92. The lowest BCUT2D eigenvalue weighted by Crippen LogP contribution is -2.35. The maximum Gasteiger partial charge on any atom is 0.421 e. The number of aliphatic hydroxyl groups is 1. The molecule has 0 radical (unpaired) electrons. The molecule has 0 aliphatic carbocycles. The Kier molecular flexibility index (Phi) is 8.16. The molecule has 3 heterocycles. The average Bonchev–Trinajstić information content (AvgIpc) is 2.96. The highest BCUT2D eigenvalue weighted by Gasteiger charge is 2.36. The first-order valence-corrected chi connectivity index (χ1v) is 15.0. The Morgan fingerprint density at radius 3 is 2.44 bits per heavy atom. The molecule has 43 heavy (non-hydrogen) atoms. The molecule has 0 atom stereocenters. The second-order valence-corrected chi connectivity index (χ2v) is 11.9. The zero-order chi connectivity index (χ0) is 30.9. The molecule has 0 bridgehead atoms. The van der Waals surface area contributed by atoms with Crippen LogP contribution in [0.3, 0.4) is 0 Å². The monoisotopic (exact) mass is 618 g/mol. The Labute approximate surface area is 245 Å². The molecule has 12 nitrogen and oxygen atoms in total. The number of methoxy groups -OCH3 is 1. The highest BCUT2D eigenvalue weighted by atomic mass is 32.2. The number of aromatic nitrogens is 4. The Balaban J connectivity index is 1.56. The van der Waals surface area contributed by atoms with Crippen LogP contribution in [-0.2, 0) is 16.2 Å². The van der Waals surface area contributed by atoms with Crippen LogP contribution in [0.1, 0.15) is 18.4 Å². The molecule has 2 aromatic carbocycles. The number of alkyl halides is 3. The molecule has 4 aromatic rings. The first kappa shape index (κ1) is 30.0. The van der Waals surface area contributed by atoms with E-state index in [0.29, 0.717) is 49.1 Å². The van der Waals surface area contributed by atoms with Gasteiger partial charge in [0.25, 0.3) is 0 Å². The number of anilines is 6. The van der Waals surface area contributed by atoms with E-state index in [1.807, 2.05) is 6.07 Å². The van der Waals surface area contributed by atoms with Crippen molar-refractivity contribution in [1.29, 1.82) is 0 Å². The number of hydrogen-bond acceptors (Lipinski definition) is 11. The van der Waals surface area contributed by atoms with E-state index in [1.165, 1.54) is 38.7 Å². The summed E-state index contributed by atoms with van der Waals surface area (Å²) in [5.74, 6) is -0.376. The van der Waals surface area contributed by atoms with E-state index in [1.54, 1.807) is 12.1 Å². The number of piperidine rings is 1. The number of benzene rings is 2. The van der Waals surface area contributed by atoms with E-state index >= 15 is 0 Å². The van der Waals surface area contributed by atoms with Crippen molar-refractivity contribution in [2.24, 2.45) is 0 Å². The zero-order valence-electron chi connectivity index (χ0n) is 23.4. The third-order valence-electron chi connectivity index (χ3n) is 7.03. The Hall–Kier alpha value is -4.44. The molecule has 16 heteroatoms. The van der Waals surface area contributed by atoms with Gasteiger partial charge in [-0.3, -0.25) is 14.3 Å². The standard InChI is InChI=1S/C27H29F3N8O4S/c1-37(43(3,40)41)24-20(6-5-19-23(24)32-11-10-31-19)34-25-18(27(28,29)30)15-33-26(36-25)35-21-14-16(4-7-22(21)42-2)38-12-8-17(39)9-13-38/h4-7,10-11,14-15,17,39H,8-9,12-13H2,1-3H3,(H2,33,34,35,36). The number of ether oxygens (including phenoxy) is 1. The first-order valence-electron chi connectivity index (χ1n) is 13.1. The molecule has 1 saturated heterocycles. The van der Waals surface area contributed by atoms with Crippen molar-refractivity contribution in [3.05, 3.63) is 54.5 Å². The van der Waals surface area contributed by atoms with Gasteiger partial charge < -0.3 is 25.4 Å². The van der Waals surface area contributed by atoms with Crippen molar-refractivity contribution >= 4 is 55.6 Å². The second kappa shape index (κ2) is 11.7. The Bertz CT molecular complexity index is 1750. The quantitative estimate of drug-likeness (QED) is 0.260. The van der Waals surface area contributed by atoms with Gasteiger partial charge in [-0.2, -0.15) is 18.2 Å². The number of sulfonamides is 1. The molecule has 3 N–H and O–H groups in total. The van der Waals surface area contributed by atoms with Crippen LogP contribution in [0.5, 0.6) is 5.75 Å². The van der Waals surface area contributed by atoms with Crippen LogP contribution >= 0.6 is 0 Å². The third kappa shape index (κ3) is 6.49. The highest BCUT2D eigenvalue weighted by Crippen LogP contribution is 2.40. The predicted molar refractivity (Wildman–Crippen MR) is 157 cm³/mol. The lowest BCUT2D eigenvalue weighted by Gasteiger charge is -2.32. The van der Waals surface area contributed by atoms with Crippen molar-refractivity contribution in [1.82, 2.24) is 19.9 Å². The largest absolute Gasteiger partial charge is 0.495 e. The molecular weight excluding hydrogens is 589 g/mol. The molecule has 0 saturated carbocycles. The van der Waals surface area contributed by atoms with Gasteiger partial charge in [0.2, 0.25) is 16.0 Å². The molecular formula is C27H29F3N8O4S. The summed E-state index contributed by atoms with van der Waals surface area (Å²) in [6.45, 7) is 1.27. The highest BCUT2D eigenvalue weighted by molar-refractivity contribution is 7.92. The fourth-order valence-corrected chi connectivity index (χ4v) is 5.23. The van der Waals surface area contributed by atoms with Crippen molar-refractivity contribution < 1.29 is 31.4 Å². The van der Waals surface area contributed by atoms with Crippen molar-refractivity contribution in [2.45, 2.75) is 25.1 Å². The SMILES string of the molecule is COc1ccc(N2CCC(O)CC2)cc1Nc1ncc(C(F)(F)F)c(Nc2ccc3nccnc3c2N(C)S(C)(=O)=O)n1. The summed E-state index contributed by atoms with van der Waals surface area (Å²) in [7, 11) is -1.12. The Morgan fingerprint density at radius 2 is 1.77 bits per heavy atom. The lowest BCUT2D eigenvalue weighted by atomic mass is 10.1. The first-order chi connectivity index (χ1) is 20.3. The molecule has 1 fully saturated rings. The summed E-state index contributed by atoms with van der Waals surface area (Å²) in [6.07, 6.45) is 0.413. The van der Waals surface area contributed by atoms with Gasteiger partial charge in [0.1, 0.15) is 28.3 Å². The molecule has 1 aliphatic heterocycles. The van der Waals surface area contributed by atoms with E-state index in [9.17, 15) is 26.7 Å². The van der Waals surface area contributed by atoms with E-state index < -0.39 is 27.6 Å². The van der Waals surface area contributed by atoms with Gasteiger partial charge in [0, 0.05) is 44.4 Å². The van der Waals surface area contributed by atoms with Gasteiger partial charge >= 0.3 is 6.18 Å². The van der Waals surface area contributed by atoms with Gasteiger partial charge in [-0.1, -0.05) is 0 Å². The van der Waals surface area contributed by atoms with Crippen LogP contribution in [0.2, 0.25) is 0 Å².